The molecule has 0 unspecified atom stereocenters. The van der Waals surface area contributed by atoms with E-state index in [0.717, 1.165) is 30.8 Å². The van der Waals surface area contributed by atoms with Gasteiger partial charge in [-0.05, 0) is 42.3 Å². The zero-order valence-electron chi connectivity index (χ0n) is 9.76. The molecule has 3 N–H and O–H groups in total. The van der Waals surface area contributed by atoms with Crippen LogP contribution in [0.2, 0.25) is 0 Å². The summed E-state index contributed by atoms with van der Waals surface area (Å²) in [6.07, 6.45) is 4.66. The molecule has 3 nitrogen and oxygen atoms in total. The number of anilines is 1. The molecule has 2 rings (SSSR count). The maximum absolute atomic E-state index is 5.87. The van der Waals surface area contributed by atoms with Gasteiger partial charge in [-0.2, -0.15) is 0 Å². The first-order valence-electron chi connectivity index (χ1n) is 5.79. The van der Waals surface area contributed by atoms with E-state index in [9.17, 15) is 0 Å². The lowest BCUT2D eigenvalue weighted by Crippen LogP contribution is -2.17. The van der Waals surface area contributed by atoms with Gasteiger partial charge in [0, 0.05) is 24.6 Å². The van der Waals surface area contributed by atoms with E-state index in [-0.39, 0.29) is 0 Å². The van der Waals surface area contributed by atoms with Gasteiger partial charge in [0.2, 0.25) is 0 Å². The first-order chi connectivity index (χ1) is 8.36. The molecule has 0 aliphatic rings. The van der Waals surface area contributed by atoms with Crippen LogP contribution in [0.25, 0.3) is 0 Å². The van der Waals surface area contributed by atoms with Gasteiger partial charge in [0.15, 0.2) is 0 Å². The van der Waals surface area contributed by atoms with Gasteiger partial charge >= 0.3 is 0 Å². The number of hydrogen-bond donors (Lipinski definition) is 2. The van der Waals surface area contributed by atoms with Crippen molar-refractivity contribution in [3.8, 4) is 0 Å². The number of aromatic nitrogens is 1. The Bertz CT molecular complexity index is 454. The van der Waals surface area contributed by atoms with Crippen molar-refractivity contribution < 1.29 is 0 Å². The van der Waals surface area contributed by atoms with Crippen LogP contribution in [0.1, 0.15) is 11.1 Å². The number of rotatable bonds is 5. The van der Waals surface area contributed by atoms with Crippen molar-refractivity contribution in [2.24, 2.45) is 0 Å². The third-order valence-corrected chi connectivity index (χ3v) is 2.71. The van der Waals surface area contributed by atoms with Gasteiger partial charge in [0.05, 0.1) is 0 Å². The summed E-state index contributed by atoms with van der Waals surface area (Å²) < 4.78 is 0. The van der Waals surface area contributed by atoms with Crippen molar-refractivity contribution in [2.45, 2.75) is 13.0 Å². The molecule has 2 aromatic rings. The second kappa shape index (κ2) is 6.01. The summed E-state index contributed by atoms with van der Waals surface area (Å²) in [6, 6.07) is 12.0. The number of pyridine rings is 1. The SMILES string of the molecule is Nc1ccccc1CNCCc1ccncc1. The summed E-state index contributed by atoms with van der Waals surface area (Å²) in [5.41, 5.74) is 9.17. The van der Waals surface area contributed by atoms with E-state index in [1.807, 2.05) is 42.7 Å². The maximum atomic E-state index is 5.87. The zero-order chi connectivity index (χ0) is 11.9. The summed E-state index contributed by atoms with van der Waals surface area (Å²) in [5, 5.41) is 3.39. The molecule has 17 heavy (non-hydrogen) atoms. The molecule has 0 amide bonds. The summed E-state index contributed by atoms with van der Waals surface area (Å²) in [5.74, 6) is 0. The largest absolute Gasteiger partial charge is 0.398 e. The zero-order valence-corrected chi connectivity index (χ0v) is 9.76. The van der Waals surface area contributed by atoms with Crippen molar-refractivity contribution in [1.82, 2.24) is 10.3 Å². The Morgan fingerprint density at radius 2 is 1.82 bits per heavy atom. The highest BCUT2D eigenvalue weighted by Gasteiger charge is 1.97. The van der Waals surface area contributed by atoms with E-state index in [1.165, 1.54) is 5.56 Å². The van der Waals surface area contributed by atoms with Crippen LogP contribution in [0.5, 0.6) is 0 Å². The minimum absolute atomic E-state index is 0.817. The van der Waals surface area contributed by atoms with Crippen LogP contribution in [0, 0.1) is 0 Å². The number of hydrogen-bond acceptors (Lipinski definition) is 3. The van der Waals surface area contributed by atoms with Crippen LogP contribution in [0.4, 0.5) is 5.69 Å². The Hall–Kier alpha value is -1.87. The van der Waals surface area contributed by atoms with E-state index in [2.05, 4.69) is 16.4 Å². The molecular formula is C14H17N3. The highest BCUT2D eigenvalue weighted by Crippen LogP contribution is 2.09. The van der Waals surface area contributed by atoms with E-state index >= 15 is 0 Å². The molecule has 1 aromatic carbocycles. The van der Waals surface area contributed by atoms with Crippen molar-refractivity contribution in [2.75, 3.05) is 12.3 Å². The van der Waals surface area contributed by atoms with Crippen LogP contribution in [-0.4, -0.2) is 11.5 Å². The molecule has 0 saturated heterocycles. The smallest absolute Gasteiger partial charge is 0.0359 e. The van der Waals surface area contributed by atoms with Gasteiger partial charge in [-0.15, -0.1) is 0 Å². The first kappa shape index (κ1) is 11.6. The number of nitrogens with zero attached hydrogens (tertiary/aromatic N) is 1. The van der Waals surface area contributed by atoms with Gasteiger partial charge in [-0.25, -0.2) is 0 Å². The second-order valence-electron chi connectivity index (χ2n) is 3.98. The Kier molecular flexibility index (Phi) is 4.11. The molecule has 0 radical (unpaired) electrons. The number of nitrogens with one attached hydrogen (secondary N) is 1. The lowest BCUT2D eigenvalue weighted by Gasteiger charge is -2.07. The molecule has 3 heteroatoms. The van der Waals surface area contributed by atoms with Gasteiger partial charge in [-0.1, -0.05) is 18.2 Å². The molecular weight excluding hydrogens is 210 g/mol. The van der Waals surface area contributed by atoms with Crippen LogP contribution in [0.15, 0.2) is 48.8 Å². The highest BCUT2D eigenvalue weighted by atomic mass is 14.8. The van der Waals surface area contributed by atoms with E-state index < -0.39 is 0 Å². The molecule has 0 aliphatic heterocycles. The molecule has 0 aliphatic carbocycles. The molecule has 0 atom stereocenters. The predicted octanol–water partition coefficient (Wildman–Crippen LogP) is 2.00. The standard InChI is InChI=1S/C14H17N3/c15-14-4-2-1-3-13(14)11-17-10-7-12-5-8-16-9-6-12/h1-6,8-9,17H,7,10-11,15H2. The predicted molar refractivity (Wildman–Crippen MR) is 70.5 cm³/mol. The third-order valence-electron chi connectivity index (χ3n) is 2.71. The number of para-hydroxylation sites is 1. The monoisotopic (exact) mass is 227 g/mol. The van der Waals surface area contributed by atoms with Crippen molar-refractivity contribution in [3.05, 3.63) is 59.9 Å². The average Bonchev–Trinajstić information content (AvgIpc) is 2.38. The van der Waals surface area contributed by atoms with Crippen LogP contribution in [-0.2, 0) is 13.0 Å². The number of benzene rings is 1. The highest BCUT2D eigenvalue weighted by molar-refractivity contribution is 5.46. The molecule has 0 saturated carbocycles. The molecule has 1 aromatic heterocycles. The van der Waals surface area contributed by atoms with Crippen molar-refractivity contribution in [3.63, 3.8) is 0 Å². The minimum atomic E-state index is 0.817. The molecule has 88 valence electrons. The molecule has 0 fully saturated rings. The number of nitrogen functional groups attached to an aromatic ring is 1. The first-order valence-corrected chi connectivity index (χ1v) is 5.79. The van der Waals surface area contributed by atoms with Gasteiger partial charge in [0.1, 0.15) is 0 Å². The van der Waals surface area contributed by atoms with Gasteiger partial charge in [-0.3, -0.25) is 4.98 Å². The third kappa shape index (κ3) is 3.57. The Labute approximate surface area is 102 Å². The summed E-state index contributed by atoms with van der Waals surface area (Å²) in [4.78, 5) is 4.00. The summed E-state index contributed by atoms with van der Waals surface area (Å²) >= 11 is 0. The fourth-order valence-corrected chi connectivity index (χ4v) is 1.70. The van der Waals surface area contributed by atoms with Crippen molar-refractivity contribution in [1.29, 1.82) is 0 Å². The maximum Gasteiger partial charge on any atom is 0.0359 e. The van der Waals surface area contributed by atoms with Crippen LogP contribution < -0.4 is 11.1 Å². The average molecular weight is 227 g/mol. The lowest BCUT2D eigenvalue weighted by atomic mass is 10.1. The normalized spacial score (nSPS) is 10.4. The Morgan fingerprint density at radius 1 is 1.06 bits per heavy atom. The van der Waals surface area contributed by atoms with Crippen LogP contribution >= 0.6 is 0 Å². The molecule has 1 heterocycles. The Balaban J connectivity index is 1.76. The van der Waals surface area contributed by atoms with E-state index in [0.29, 0.717) is 0 Å². The fraction of sp³-hybridized carbons (Fsp3) is 0.214. The summed E-state index contributed by atoms with van der Waals surface area (Å²) in [7, 11) is 0. The quantitative estimate of drug-likeness (QED) is 0.606. The van der Waals surface area contributed by atoms with E-state index in [4.69, 9.17) is 5.73 Å². The fourth-order valence-electron chi connectivity index (χ4n) is 1.70. The Morgan fingerprint density at radius 3 is 2.59 bits per heavy atom. The van der Waals surface area contributed by atoms with E-state index in [1.54, 1.807) is 0 Å². The van der Waals surface area contributed by atoms with Gasteiger partial charge < -0.3 is 11.1 Å². The molecule has 0 spiro atoms. The van der Waals surface area contributed by atoms with Gasteiger partial charge in [0.25, 0.3) is 0 Å². The second-order valence-corrected chi connectivity index (χ2v) is 3.98. The lowest BCUT2D eigenvalue weighted by molar-refractivity contribution is 0.688. The summed E-state index contributed by atoms with van der Waals surface area (Å²) in [6.45, 7) is 1.76. The number of nitrogens with two attached hydrogens (primary N) is 1. The molecule has 0 bridgehead atoms. The topological polar surface area (TPSA) is 50.9 Å². The minimum Gasteiger partial charge on any atom is -0.398 e. The van der Waals surface area contributed by atoms with Crippen LogP contribution in [0.3, 0.4) is 0 Å². The van der Waals surface area contributed by atoms with Crippen molar-refractivity contribution >= 4 is 5.69 Å².